The van der Waals surface area contributed by atoms with Gasteiger partial charge in [-0.15, -0.1) is 0 Å². The molecule has 25 heavy (non-hydrogen) atoms. The van der Waals surface area contributed by atoms with Gasteiger partial charge in [0.2, 0.25) is 11.8 Å². The van der Waals surface area contributed by atoms with Gasteiger partial charge in [-0.1, -0.05) is 25.4 Å². The molecule has 0 aliphatic carbocycles. The largest absolute Gasteiger partial charge is 0.496 e. The highest BCUT2D eigenvalue weighted by molar-refractivity contribution is 6.30. The summed E-state index contributed by atoms with van der Waals surface area (Å²) in [5.41, 5.74) is 1.72. The SMILES string of the molecule is COc1c(C)cc(Cl)cc1CC(=O)N1CCCN(C(=O)C(C)C)CC1. The van der Waals surface area contributed by atoms with Crippen molar-refractivity contribution >= 4 is 23.4 Å². The van der Waals surface area contributed by atoms with Crippen molar-refractivity contribution in [2.45, 2.75) is 33.6 Å². The van der Waals surface area contributed by atoms with Crippen LogP contribution in [0.15, 0.2) is 12.1 Å². The second kappa shape index (κ2) is 8.56. The molecule has 0 atom stereocenters. The summed E-state index contributed by atoms with van der Waals surface area (Å²) in [6.07, 6.45) is 1.05. The first kappa shape index (κ1) is 19.6. The van der Waals surface area contributed by atoms with E-state index in [4.69, 9.17) is 16.3 Å². The molecule has 0 radical (unpaired) electrons. The topological polar surface area (TPSA) is 49.9 Å². The number of carbonyl (C=O) groups is 2. The van der Waals surface area contributed by atoms with Gasteiger partial charge in [-0.2, -0.15) is 0 Å². The van der Waals surface area contributed by atoms with Crippen LogP contribution in [-0.4, -0.2) is 54.9 Å². The molecule has 1 aromatic rings. The first-order valence-corrected chi connectivity index (χ1v) is 9.10. The van der Waals surface area contributed by atoms with E-state index in [-0.39, 0.29) is 24.2 Å². The zero-order chi connectivity index (χ0) is 18.6. The molecule has 6 heteroatoms. The minimum Gasteiger partial charge on any atom is -0.496 e. The van der Waals surface area contributed by atoms with Crippen molar-refractivity contribution in [2.24, 2.45) is 5.92 Å². The van der Waals surface area contributed by atoms with Gasteiger partial charge in [-0.05, 0) is 31.0 Å². The highest BCUT2D eigenvalue weighted by Crippen LogP contribution is 2.28. The molecule has 0 bridgehead atoms. The minimum atomic E-state index is -0.0130. The van der Waals surface area contributed by atoms with Crippen molar-refractivity contribution in [1.29, 1.82) is 0 Å². The molecule has 1 heterocycles. The molecule has 5 nitrogen and oxygen atoms in total. The van der Waals surface area contributed by atoms with Gasteiger partial charge in [-0.25, -0.2) is 0 Å². The van der Waals surface area contributed by atoms with Crippen molar-refractivity contribution < 1.29 is 14.3 Å². The van der Waals surface area contributed by atoms with Gasteiger partial charge >= 0.3 is 0 Å². The summed E-state index contributed by atoms with van der Waals surface area (Å²) in [6.45, 7) is 8.27. The number of hydrogen-bond acceptors (Lipinski definition) is 3. The first-order valence-electron chi connectivity index (χ1n) is 8.73. The Balaban J connectivity index is 2.06. The van der Waals surface area contributed by atoms with Crippen molar-refractivity contribution in [3.63, 3.8) is 0 Å². The fourth-order valence-electron chi connectivity index (χ4n) is 3.25. The summed E-state index contributed by atoms with van der Waals surface area (Å²) in [7, 11) is 1.60. The molecule has 1 fully saturated rings. The Bertz CT molecular complexity index is 646. The quantitative estimate of drug-likeness (QED) is 0.823. The molecule has 1 saturated heterocycles. The number of benzene rings is 1. The minimum absolute atomic E-state index is 0.0130. The lowest BCUT2D eigenvalue weighted by atomic mass is 10.1. The van der Waals surface area contributed by atoms with Crippen molar-refractivity contribution in [3.05, 3.63) is 28.3 Å². The fourth-order valence-corrected chi connectivity index (χ4v) is 3.55. The van der Waals surface area contributed by atoms with E-state index in [2.05, 4.69) is 0 Å². The summed E-state index contributed by atoms with van der Waals surface area (Å²) in [5, 5.41) is 0.602. The number of halogens is 1. The van der Waals surface area contributed by atoms with Crippen LogP contribution in [0.4, 0.5) is 0 Å². The number of carbonyl (C=O) groups excluding carboxylic acids is 2. The Morgan fingerprint density at radius 2 is 1.80 bits per heavy atom. The maximum atomic E-state index is 12.7. The van der Waals surface area contributed by atoms with Crippen LogP contribution >= 0.6 is 11.6 Å². The predicted octanol–water partition coefficient (Wildman–Crippen LogP) is 2.92. The summed E-state index contributed by atoms with van der Waals surface area (Å²) in [4.78, 5) is 28.6. The average Bonchev–Trinajstić information content (AvgIpc) is 2.79. The standard InChI is InChI=1S/C19H27ClN2O3/c1-13(2)19(24)22-7-5-6-21(8-9-22)17(23)12-15-11-16(20)10-14(3)18(15)25-4/h10-11,13H,5-9,12H2,1-4H3. The van der Waals surface area contributed by atoms with Gasteiger partial charge < -0.3 is 14.5 Å². The monoisotopic (exact) mass is 366 g/mol. The summed E-state index contributed by atoms with van der Waals surface area (Å²) < 4.78 is 5.44. The second-order valence-electron chi connectivity index (χ2n) is 6.81. The number of ether oxygens (including phenoxy) is 1. The van der Waals surface area contributed by atoms with E-state index in [1.165, 1.54) is 0 Å². The lowest BCUT2D eigenvalue weighted by molar-refractivity contribution is -0.135. The third-order valence-corrected chi connectivity index (χ3v) is 4.73. The van der Waals surface area contributed by atoms with Crippen molar-refractivity contribution in [3.8, 4) is 5.75 Å². The van der Waals surface area contributed by atoms with Crippen LogP contribution < -0.4 is 4.74 Å². The third kappa shape index (κ3) is 4.88. The predicted molar refractivity (Wildman–Crippen MR) is 99.1 cm³/mol. The van der Waals surface area contributed by atoms with E-state index in [1.807, 2.05) is 36.6 Å². The highest BCUT2D eigenvalue weighted by atomic mass is 35.5. The number of rotatable bonds is 4. The first-order chi connectivity index (χ1) is 11.8. The van der Waals surface area contributed by atoms with Crippen LogP contribution in [0.5, 0.6) is 5.75 Å². The van der Waals surface area contributed by atoms with Crippen LogP contribution in [0.1, 0.15) is 31.4 Å². The number of aryl methyl sites for hydroxylation is 1. The fraction of sp³-hybridized carbons (Fsp3) is 0.579. The molecule has 1 aliphatic heterocycles. The van der Waals surface area contributed by atoms with E-state index in [9.17, 15) is 9.59 Å². The van der Waals surface area contributed by atoms with E-state index in [0.717, 1.165) is 17.5 Å². The van der Waals surface area contributed by atoms with Crippen LogP contribution in [-0.2, 0) is 16.0 Å². The highest BCUT2D eigenvalue weighted by Gasteiger charge is 2.24. The molecule has 1 aromatic carbocycles. The van der Waals surface area contributed by atoms with Crippen molar-refractivity contribution in [1.82, 2.24) is 9.80 Å². The molecule has 0 unspecified atom stereocenters. The van der Waals surface area contributed by atoms with Gasteiger partial charge in [0.15, 0.2) is 0 Å². The molecule has 2 rings (SSSR count). The molecular weight excluding hydrogens is 340 g/mol. The van der Waals surface area contributed by atoms with Crippen LogP contribution in [0.25, 0.3) is 0 Å². The normalized spacial score (nSPS) is 15.3. The van der Waals surface area contributed by atoms with Crippen molar-refractivity contribution in [2.75, 3.05) is 33.3 Å². The van der Waals surface area contributed by atoms with Gasteiger partial charge in [0.25, 0.3) is 0 Å². The molecule has 0 aromatic heterocycles. The van der Waals surface area contributed by atoms with Crippen LogP contribution in [0.2, 0.25) is 5.02 Å². The average molecular weight is 367 g/mol. The van der Waals surface area contributed by atoms with Gasteiger partial charge in [-0.3, -0.25) is 9.59 Å². The molecule has 0 N–H and O–H groups in total. The number of methoxy groups -OCH3 is 1. The smallest absolute Gasteiger partial charge is 0.227 e. The summed E-state index contributed by atoms with van der Waals surface area (Å²) in [5.74, 6) is 0.894. The van der Waals surface area contributed by atoms with E-state index in [1.54, 1.807) is 13.2 Å². The number of hydrogen-bond donors (Lipinski definition) is 0. The maximum absolute atomic E-state index is 12.7. The molecular formula is C19H27ClN2O3. The lowest BCUT2D eigenvalue weighted by Crippen LogP contribution is -2.39. The van der Waals surface area contributed by atoms with E-state index >= 15 is 0 Å². The molecule has 138 valence electrons. The molecule has 1 aliphatic rings. The zero-order valence-corrected chi connectivity index (χ0v) is 16.2. The van der Waals surface area contributed by atoms with Crippen LogP contribution in [0.3, 0.4) is 0 Å². The number of amides is 2. The summed E-state index contributed by atoms with van der Waals surface area (Å²) in [6, 6.07) is 3.62. The van der Waals surface area contributed by atoms with Gasteiger partial charge in [0.05, 0.1) is 13.5 Å². The third-order valence-electron chi connectivity index (χ3n) is 4.52. The Labute approximate surface area is 154 Å². The van der Waals surface area contributed by atoms with Gasteiger partial charge in [0, 0.05) is 42.7 Å². The number of nitrogens with zero attached hydrogens (tertiary/aromatic N) is 2. The Morgan fingerprint density at radius 1 is 1.16 bits per heavy atom. The van der Waals surface area contributed by atoms with Gasteiger partial charge in [0.1, 0.15) is 5.75 Å². The maximum Gasteiger partial charge on any atom is 0.227 e. The Hall–Kier alpha value is -1.75. The Morgan fingerprint density at radius 3 is 2.44 bits per heavy atom. The lowest BCUT2D eigenvalue weighted by Gasteiger charge is -2.24. The molecule has 2 amide bonds. The van der Waals surface area contributed by atoms with E-state index < -0.39 is 0 Å². The zero-order valence-electron chi connectivity index (χ0n) is 15.5. The summed E-state index contributed by atoms with van der Waals surface area (Å²) >= 11 is 6.13. The molecule has 0 spiro atoms. The second-order valence-corrected chi connectivity index (χ2v) is 7.24. The molecule has 0 saturated carbocycles. The van der Waals surface area contributed by atoms with Crippen LogP contribution in [0, 0.1) is 12.8 Å². The van der Waals surface area contributed by atoms with E-state index in [0.29, 0.717) is 37.0 Å². The Kier molecular flexibility index (Phi) is 6.71.